The second kappa shape index (κ2) is 6.84. The number of pyridine rings is 1. The number of nitrogens with zero attached hydrogens (tertiary/aromatic N) is 1. The first kappa shape index (κ1) is 16.2. The van der Waals surface area contributed by atoms with Gasteiger partial charge in [-0.25, -0.2) is 4.79 Å². The van der Waals surface area contributed by atoms with Gasteiger partial charge in [-0.1, -0.05) is 43.7 Å². The summed E-state index contributed by atoms with van der Waals surface area (Å²) in [6.45, 7) is 2.22. The van der Waals surface area contributed by atoms with E-state index in [1.807, 2.05) is 37.3 Å². The molecule has 1 aromatic carbocycles. The largest absolute Gasteiger partial charge is 0.504 e. The Morgan fingerprint density at radius 1 is 1.33 bits per heavy atom. The number of carbonyl (C=O) groups is 1. The SMILES string of the molecule is CCCCOC(=O)c1[nH]c(=O)c2c(-c3ccccc3)nsc2c1O. The molecule has 0 saturated heterocycles. The summed E-state index contributed by atoms with van der Waals surface area (Å²) in [6.07, 6.45) is 1.60. The second-order valence-corrected chi connectivity index (χ2v) is 6.04. The van der Waals surface area contributed by atoms with Gasteiger partial charge in [0, 0.05) is 5.56 Å². The Hall–Kier alpha value is -2.67. The summed E-state index contributed by atoms with van der Waals surface area (Å²) >= 11 is 0.982. The number of H-pyrrole nitrogens is 1. The molecule has 0 atom stereocenters. The second-order valence-electron chi connectivity index (χ2n) is 5.27. The molecule has 0 unspecified atom stereocenters. The van der Waals surface area contributed by atoms with Gasteiger partial charge in [0.1, 0.15) is 4.70 Å². The van der Waals surface area contributed by atoms with Gasteiger partial charge in [0.05, 0.1) is 17.7 Å². The van der Waals surface area contributed by atoms with Crippen LogP contribution in [0.4, 0.5) is 0 Å². The van der Waals surface area contributed by atoms with Gasteiger partial charge in [-0.2, -0.15) is 4.37 Å². The van der Waals surface area contributed by atoms with E-state index in [2.05, 4.69) is 9.36 Å². The highest BCUT2D eigenvalue weighted by Gasteiger charge is 2.22. The number of aromatic amines is 1. The molecule has 2 heterocycles. The summed E-state index contributed by atoms with van der Waals surface area (Å²) in [7, 11) is 0. The molecule has 3 rings (SSSR count). The van der Waals surface area contributed by atoms with Crippen LogP contribution < -0.4 is 5.56 Å². The van der Waals surface area contributed by atoms with Crippen LogP contribution in [0.25, 0.3) is 21.3 Å². The van der Waals surface area contributed by atoms with E-state index < -0.39 is 11.5 Å². The fourth-order valence-electron chi connectivity index (χ4n) is 2.33. The molecule has 2 N–H and O–H groups in total. The van der Waals surface area contributed by atoms with Crippen LogP contribution in [0.2, 0.25) is 0 Å². The average molecular weight is 344 g/mol. The minimum atomic E-state index is -0.741. The Balaban J connectivity index is 2.07. The molecule has 124 valence electrons. The lowest BCUT2D eigenvalue weighted by atomic mass is 10.1. The van der Waals surface area contributed by atoms with Gasteiger partial charge in [-0.3, -0.25) is 4.79 Å². The number of carbonyl (C=O) groups excluding carboxylic acids is 1. The van der Waals surface area contributed by atoms with Crippen molar-refractivity contribution >= 4 is 27.6 Å². The van der Waals surface area contributed by atoms with Gasteiger partial charge in [-0.05, 0) is 18.0 Å². The van der Waals surface area contributed by atoms with E-state index in [-0.39, 0.29) is 28.1 Å². The van der Waals surface area contributed by atoms with Gasteiger partial charge in [0.15, 0.2) is 11.4 Å². The van der Waals surface area contributed by atoms with Crippen LogP contribution in [0, 0.1) is 0 Å². The monoisotopic (exact) mass is 344 g/mol. The maximum Gasteiger partial charge on any atom is 0.358 e. The first-order valence-electron chi connectivity index (χ1n) is 7.60. The van der Waals surface area contributed by atoms with Crippen molar-refractivity contribution in [3.8, 4) is 17.0 Å². The van der Waals surface area contributed by atoms with Crippen molar-refractivity contribution in [3.05, 3.63) is 46.4 Å². The van der Waals surface area contributed by atoms with E-state index >= 15 is 0 Å². The van der Waals surface area contributed by atoms with Crippen LogP contribution in [0.3, 0.4) is 0 Å². The Morgan fingerprint density at radius 2 is 2.08 bits per heavy atom. The van der Waals surface area contributed by atoms with Gasteiger partial charge >= 0.3 is 5.97 Å². The van der Waals surface area contributed by atoms with E-state index in [0.717, 1.165) is 29.9 Å². The third-order valence-corrected chi connectivity index (χ3v) is 4.45. The maximum absolute atomic E-state index is 12.4. The van der Waals surface area contributed by atoms with Crippen LogP contribution in [0.5, 0.6) is 5.75 Å². The molecule has 0 fully saturated rings. The number of hydrogen-bond donors (Lipinski definition) is 2. The number of nitrogens with one attached hydrogen (secondary N) is 1. The number of esters is 1. The number of aromatic hydroxyl groups is 1. The molecule has 0 aliphatic carbocycles. The average Bonchev–Trinajstić information content (AvgIpc) is 3.05. The fourth-order valence-corrected chi connectivity index (χ4v) is 3.18. The predicted octanol–water partition coefficient (Wildman–Crippen LogP) is 3.31. The van der Waals surface area contributed by atoms with E-state index in [9.17, 15) is 14.7 Å². The number of aromatic nitrogens is 2. The Bertz CT molecular complexity index is 931. The van der Waals surface area contributed by atoms with Crippen LogP contribution >= 0.6 is 11.5 Å². The molecule has 0 aliphatic rings. The van der Waals surface area contributed by atoms with Gasteiger partial charge in [-0.15, -0.1) is 0 Å². The Labute approximate surface area is 141 Å². The van der Waals surface area contributed by atoms with E-state index in [4.69, 9.17) is 4.74 Å². The van der Waals surface area contributed by atoms with E-state index in [0.29, 0.717) is 5.69 Å². The van der Waals surface area contributed by atoms with Crippen molar-refractivity contribution in [1.29, 1.82) is 0 Å². The summed E-state index contributed by atoms with van der Waals surface area (Å²) in [4.78, 5) is 26.9. The normalized spacial score (nSPS) is 10.9. The number of benzene rings is 1. The van der Waals surface area contributed by atoms with Crippen molar-refractivity contribution in [2.24, 2.45) is 0 Å². The molecule has 3 aromatic rings. The van der Waals surface area contributed by atoms with Gasteiger partial charge < -0.3 is 14.8 Å². The third kappa shape index (κ3) is 2.90. The van der Waals surface area contributed by atoms with Crippen molar-refractivity contribution in [1.82, 2.24) is 9.36 Å². The highest BCUT2D eigenvalue weighted by molar-refractivity contribution is 7.14. The number of rotatable bonds is 5. The van der Waals surface area contributed by atoms with E-state index in [1.54, 1.807) is 0 Å². The number of unbranched alkanes of at least 4 members (excludes halogenated alkanes) is 1. The molecule has 0 radical (unpaired) electrons. The van der Waals surface area contributed by atoms with Crippen LogP contribution in [0.15, 0.2) is 35.1 Å². The summed E-state index contributed by atoms with van der Waals surface area (Å²) in [6, 6.07) is 9.21. The van der Waals surface area contributed by atoms with Gasteiger partial charge in [0.25, 0.3) is 5.56 Å². The molecule has 6 nitrogen and oxygen atoms in total. The topological polar surface area (TPSA) is 92.3 Å². The molecule has 7 heteroatoms. The molecule has 2 aromatic heterocycles. The fraction of sp³-hybridized carbons (Fsp3) is 0.235. The third-order valence-electron chi connectivity index (χ3n) is 3.59. The van der Waals surface area contributed by atoms with Gasteiger partial charge in [0.2, 0.25) is 0 Å². The zero-order valence-electron chi connectivity index (χ0n) is 13.0. The number of ether oxygens (including phenoxy) is 1. The minimum Gasteiger partial charge on any atom is -0.504 e. The standard InChI is InChI=1S/C17H16N2O4S/c1-2-3-9-23-17(22)13-14(20)15-11(16(21)18-13)12(19-24-15)10-7-5-4-6-8-10/h4-8,20H,2-3,9H2,1H3,(H,18,21). The molecule has 24 heavy (non-hydrogen) atoms. The first-order valence-corrected chi connectivity index (χ1v) is 8.38. The molecule has 0 saturated carbocycles. The summed E-state index contributed by atoms with van der Waals surface area (Å²) < 4.78 is 9.61. The summed E-state index contributed by atoms with van der Waals surface area (Å²) in [5.74, 6) is -1.04. The lowest BCUT2D eigenvalue weighted by Gasteiger charge is -2.06. The molecular weight excluding hydrogens is 328 g/mol. The summed E-state index contributed by atoms with van der Waals surface area (Å²) in [5, 5.41) is 10.6. The minimum absolute atomic E-state index is 0.230. The molecule has 0 aliphatic heterocycles. The smallest absolute Gasteiger partial charge is 0.358 e. The maximum atomic E-state index is 12.4. The Morgan fingerprint density at radius 3 is 2.79 bits per heavy atom. The quantitative estimate of drug-likeness (QED) is 0.547. The van der Waals surface area contributed by atoms with Crippen LogP contribution in [-0.2, 0) is 4.74 Å². The number of fused-ring (bicyclic) bond motifs is 1. The molecule has 0 amide bonds. The van der Waals surface area contributed by atoms with Crippen molar-refractivity contribution < 1.29 is 14.6 Å². The molecule has 0 spiro atoms. The molecule has 0 bridgehead atoms. The molecular formula is C17H16N2O4S. The highest BCUT2D eigenvalue weighted by Crippen LogP contribution is 2.35. The first-order chi connectivity index (χ1) is 11.6. The zero-order chi connectivity index (χ0) is 17.1. The lowest BCUT2D eigenvalue weighted by molar-refractivity contribution is 0.0489. The van der Waals surface area contributed by atoms with Crippen molar-refractivity contribution in [2.45, 2.75) is 19.8 Å². The number of hydrogen-bond acceptors (Lipinski definition) is 6. The zero-order valence-corrected chi connectivity index (χ0v) is 13.9. The van der Waals surface area contributed by atoms with Crippen molar-refractivity contribution in [2.75, 3.05) is 6.61 Å². The Kier molecular flexibility index (Phi) is 4.61. The van der Waals surface area contributed by atoms with E-state index in [1.165, 1.54) is 0 Å². The predicted molar refractivity (Wildman–Crippen MR) is 92.5 cm³/mol. The van der Waals surface area contributed by atoms with Crippen LogP contribution in [0.1, 0.15) is 30.3 Å². The van der Waals surface area contributed by atoms with Crippen molar-refractivity contribution in [3.63, 3.8) is 0 Å². The summed E-state index contributed by atoms with van der Waals surface area (Å²) in [5.41, 5.74) is 0.551. The highest BCUT2D eigenvalue weighted by atomic mass is 32.1. The van der Waals surface area contributed by atoms with Crippen LogP contribution in [-0.4, -0.2) is 27.0 Å². The lowest BCUT2D eigenvalue weighted by Crippen LogP contribution is -2.16.